The van der Waals surface area contributed by atoms with Crippen molar-refractivity contribution >= 4 is 46.3 Å². The van der Waals surface area contributed by atoms with Crippen molar-refractivity contribution in [3.05, 3.63) is 64.0 Å². The summed E-state index contributed by atoms with van der Waals surface area (Å²) >= 11 is 8.89. The lowest BCUT2D eigenvalue weighted by Gasteiger charge is -2.07. The second kappa shape index (κ2) is 8.04. The van der Waals surface area contributed by atoms with Gasteiger partial charge in [0.05, 0.1) is 11.4 Å². The normalized spacial score (nSPS) is 10.7. The number of carbonyl (C=O) groups is 1. The predicted octanol–water partition coefficient (Wildman–Crippen LogP) is 5.81. The van der Waals surface area contributed by atoms with Crippen LogP contribution in [0.1, 0.15) is 11.1 Å². The summed E-state index contributed by atoms with van der Waals surface area (Å²) < 4.78 is 0.875. The van der Waals surface area contributed by atoms with E-state index >= 15 is 0 Å². The molecule has 1 amide bonds. The Morgan fingerprint density at radius 2 is 1.92 bits per heavy atom. The summed E-state index contributed by atoms with van der Waals surface area (Å²) in [6.07, 6.45) is 0. The number of thiazole rings is 1. The first-order valence-corrected chi connectivity index (χ1v) is 9.97. The minimum Gasteiger partial charge on any atom is -0.325 e. The molecule has 3 nitrogen and oxygen atoms in total. The Kier molecular flexibility index (Phi) is 5.78. The second-order valence-electron chi connectivity index (χ2n) is 5.64. The van der Waals surface area contributed by atoms with E-state index in [2.05, 4.69) is 17.2 Å². The van der Waals surface area contributed by atoms with Gasteiger partial charge >= 0.3 is 0 Å². The number of aromatic nitrogens is 1. The third-order valence-electron chi connectivity index (χ3n) is 3.74. The Hall–Kier alpha value is -1.82. The van der Waals surface area contributed by atoms with E-state index < -0.39 is 0 Å². The molecular formula is C19H17ClN2OS2. The summed E-state index contributed by atoms with van der Waals surface area (Å²) in [5.41, 5.74) is 5.13. The number of rotatable bonds is 5. The molecule has 1 heterocycles. The molecule has 0 bridgehead atoms. The molecule has 0 saturated carbocycles. The molecule has 0 unspecified atom stereocenters. The van der Waals surface area contributed by atoms with Gasteiger partial charge in [-0.1, -0.05) is 41.6 Å². The van der Waals surface area contributed by atoms with Crippen molar-refractivity contribution < 1.29 is 4.79 Å². The highest BCUT2D eigenvalue weighted by atomic mass is 35.5. The van der Waals surface area contributed by atoms with Gasteiger partial charge in [0.1, 0.15) is 0 Å². The Balaban J connectivity index is 1.57. The summed E-state index contributed by atoms with van der Waals surface area (Å²) in [6.45, 7) is 4.09. The van der Waals surface area contributed by atoms with Gasteiger partial charge in [-0.2, -0.15) is 0 Å². The smallest absolute Gasteiger partial charge is 0.234 e. The van der Waals surface area contributed by atoms with Crippen molar-refractivity contribution in [3.63, 3.8) is 0 Å². The lowest BCUT2D eigenvalue weighted by molar-refractivity contribution is -0.113. The van der Waals surface area contributed by atoms with Crippen molar-refractivity contribution in [3.8, 4) is 11.3 Å². The lowest BCUT2D eigenvalue weighted by atomic mass is 10.1. The van der Waals surface area contributed by atoms with Crippen LogP contribution in [-0.4, -0.2) is 16.6 Å². The molecule has 0 radical (unpaired) electrons. The molecule has 6 heteroatoms. The Morgan fingerprint density at radius 1 is 1.16 bits per heavy atom. The molecule has 2 aromatic carbocycles. The maximum absolute atomic E-state index is 12.1. The molecule has 0 aliphatic carbocycles. The average molecular weight is 389 g/mol. The lowest BCUT2D eigenvalue weighted by Crippen LogP contribution is -2.14. The van der Waals surface area contributed by atoms with Crippen LogP contribution in [0.25, 0.3) is 11.3 Å². The molecule has 0 spiro atoms. The molecule has 128 valence electrons. The van der Waals surface area contributed by atoms with Gasteiger partial charge in [-0.3, -0.25) is 4.79 Å². The molecule has 3 rings (SSSR count). The molecule has 0 aliphatic heterocycles. The highest BCUT2D eigenvalue weighted by Crippen LogP contribution is 2.29. The summed E-state index contributed by atoms with van der Waals surface area (Å²) in [4.78, 5) is 16.7. The van der Waals surface area contributed by atoms with Gasteiger partial charge in [-0.25, -0.2) is 4.98 Å². The first-order chi connectivity index (χ1) is 12.0. The summed E-state index contributed by atoms with van der Waals surface area (Å²) in [5, 5.41) is 5.63. The van der Waals surface area contributed by atoms with E-state index in [0.29, 0.717) is 10.8 Å². The van der Waals surface area contributed by atoms with Crippen molar-refractivity contribution in [2.45, 2.75) is 18.2 Å². The molecule has 0 saturated heterocycles. The minimum absolute atomic E-state index is 0.0310. The topological polar surface area (TPSA) is 42.0 Å². The van der Waals surface area contributed by atoms with Gasteiger partial charge in [0.25, 0.3) is 0 Å². The SMILES string of the molecule is Cc1ccc(NC(=O)CSc2nc(-c3ccc(Cl)cc3)cs2)cc1C. The van der Waals surface area contributed by atoms with Crippen LogP contribution in [0.5, 0.6) is 0 Å². The van der Waals surface area contributed by atoms with Crippen molar-refractivity contribution in [1.29, 1.82) is 0 Å². The number of hydrogen-bond acceptors (Lipinski definition) is 4. The Labute approximate surface area is 160 Å². The number of hydrogen-bond donors (Lipinski definition) is 1. The van der Waals surface area contributed by atoms with Crippen molar-refractivity contribution in [1.82, 2.24) is 4.98 Å². The number of carbonyl (C=O) groups excluding carboxylic acids is 1. The maximum atomic E-state index is 12.1. The highest BCUT2D eigenvalue weighted by molar-refractivity contribution is 8.01. The van der Waals surface area contributed by atoms with Gasteiger partial charge in [0, 0.05) is 21.7 Å². The molecule has 0 fully saturated rings. The van der Waals surface area contributed by atoms with Crippen LogP contribution < -0.4 is 5.32 Å². The number of halogens is 1. The number of nitrogens with one attached hydrogen (secondary N) is 1. The number of nitrogens with zero attached hydrogens (tertiary/aromatic N) is 1. The van der Waals surface area contributed by atoms with Crippen molar-refractivity contribution in [2.24, 2.45) is 0 Å². The average Bonchev–Trinajstić information content (AvgIpc) is 3.06. The third kappa shape index (κ3) is 4.84. The summed E-state index contributed by atoms with van der Waals surface area (Å²) in [6, 6.07) is 13.5. The maximum Gasteiger partial charge on any atom is 0.234 e. The van der Waals surface area contributed by atoms with Crippen molar-refractivity contribution in [2.75, 3.05) is 11.1 Å². The predicted molar refractivity (Wildman–Crippen MR) is 108 cm³/mol. The van der Waals surface area contributed by atoms with E-state index in [1.54, 1.807) is 11.3 Å². The number of anilines is 1. The molecule has 0 aliphatic rings. The largest absolute Gasteiger partial charge is 0.325 e. The van der Waals surface area contributed by atoms with E-state index in [1.165, 1.54) is 17.3 Å². The van der Waals surface area contributed by atoms with Crippen LogP contribution in [0.4, 0.5) is 5.69 Å². The van der Waals surface area contributed by atoms with Crippen LogP contribution in [0.15, 0.2) is 52.2 Å². The number of aryl methyl sites for hydroxylation is 2. The molecular weight excluding hydrogens is 372 g/mol. The molecule has 1 aromatic heterocycles. The van der Waals surface area contributed by atoms with Crippen LogP contribution in [0.3, 0.4) is 0 Å². The first-order valence-electron chi connectivity index (χ1n) is 7.72. The fourth-order valence-electron chi connectivity index (χ4n) is 2.22. The molecule has 0 atom stereocenters. The monoisotopic (exact) mass is 388 g/mol. The van der Waals surface area contributed by atoms with Crippen LogP contribution in [0.2, 0.25) is 5.02 Å². The number of thioether (sulfide) groups is 1. The van der Waals surface area contributed by atoms with E-state index in [1.807, 2.05) is 54.8 Å². The number of benzene rings is 2. The zero-order chi connectivity index (χ0) is 17.8. The van der Waals surface area contributed by atoms with Gasteiger partial charge in [0.15, 0.2) is 4.34 Å². The number of amides is 1. The van der Waals surface area contributed by atoms with E-state index in [-0.39, 0.29) is 5.91 Å². The molecule has 25 heavy (non-hydrogen) atoms. The van der Waals surface area contributed by atoms with Gasteiger partial charge in [-0.15, -0.1) is 11.3 Å². The summed E-state index contributed by atoms with van der Waals surface area (Å²) in [7, 11) is 0. The van der Waals surface area contributed by atoms with E-state index in [0.717, 1.165) is 26.8 Å². The zero-order valence-electron chi connectivity index (χ0n) is 13.9. The summed E-state index contributed by atoms with van der Waals surface area (Å²) in [5.74, 6) is 0.303. The highest BCUT2D eigenvalue weighted by Gasteiger charge is 2.09. The Bertz CT molecular complexity index is 891. The zero-order valence-corrected chi connectivity index (χ0v) is 16.3. The third-order valence-corrected chi connectivity index (χ3v) is 6.01. The van der Waals surface area contributed by atoms with Gasteiger partial charge in [0.2, 0.25) is 5.91 Å². The molecule has 1 N–H and O–H groups in total. The fourth-order valence-corrected chi connectivity index (χ4v) is 3.98. The Morgan fingerprint density at radius 3 is 2.64 bits per heavy atom. The quantitative estimate of drug-likeness (QED) is 0.560. The van der Waals surface area contributed by atoms with Crippen LogP contribution >= 0.6 is 34.7 Å². The second-order valence-corrected chi connectivity index (χ2v) is 8.16. The molecule has 3 aromatic rings. The standard InChI is InChI=1S/C19H17ClN2OS2/c1-12-3-8-16(9-13(12)2)21-18(23)11-25-19-22-17(10-24-19)14-4-6-15(20)7-5-14/h3-10H,11H2,1-2H3,(H,21,23). The van der Waals surface area contributed by atoms with Gasteiger partial charge in [-0.05, 0) is 49.2 Å². The van der Waals surface area contributed by atoms with Crippen LogP contribution in [-0.2, 0) is 4.79 Å². The minimum atomic E-state index is -0.0310. The van der Waals surface area contributed by atoms with Crippen LogP contribution in [0, 0.1) is 13.8 Å². The fraction of sp³-hybridized carbons (Fsp3) is 0.158. The van der Waals surface area contributed by atoms with E-state index in [9.17, 15) is 4.79 Å². The first kappa shape index (κ1) is 18.0. The van der Waals surface area contributed by atoms with Gasteiger partial charge < -0.3 is 5.32 Å². The van der Waals surface area contributed by atoms with E-state index in [4.69, 9.17) is 11.6 Å².